The molecule has 0 saturated heterocycles. The molecule has 0 aliphatic carbocycles. The van der Waals surface area contributed by atoms with Crippen LogP contribution in [0.4, 0.5) is 5.82 Å². The van der Waals surface area contributed by atoms with Crippen LogP contribution in [0.1, 0.15) is 11.7 Å². The number of H-pyrrole nitrogens is 1. The molecule has 0 bridgehead atoms. The van der Waals surface area contributed by atoms with Crippen molar-refractivity contribution >= 4 is 5.82 Å². The average molecular weight is 172 g/mol. The molecule has 0 aliphatic rings. The molecule has 0 radical (unpaired) electrons. The van der Waals surface area contributed by atoms with E-state index in [1.54, 1.807) is 0 Å². The van der Waals surface area contributed by atoms with Crippen molar-refractivity contribution < 1.29 is 10.0 Å². The number of aromatic amines is 1. The number of hydrogen-bond acceptors (Lipinski definition) is 5. The van der Waals surface area contributed by atoms with E-state index in [2.05, 4.69) is 10.2 Å². The van der Waals surface area contributed by atoms with E-state index < -0.39 is 11.0 Å². The first-order valence-corrected chi connectivity index (χ1v) is 3.22. The maximum Gasteiger partial charge on any atom is 0.348 e. The molecule has 7 heteroatoms. The van der Waals surface area contributed by atoms with Crippen LogP contribution in [-0.2, 0) is 0 Å². The lowest BCUT2D eigenvalue weighted by Crippen LogP contribution is -2.12. The molecule has 0 amide bonds. The second kappa shape index (κ2) is 3.28. The van der Waals surface area contributed by atoms with Crippen LogP contribution in [0.5, 0.6) is 0 Å². The Kier molecular flexibility index (Phi) is 2.36. The average Bonchev–Trinajstić information content (AvgIpc) is 2.50. The highest BCUT2D eigenvalue weighted by molar-refractivity contribution is 5.31. The molecule has 1 rings (SSSR count). The Balaban J connectivity index is 2.98. The Morgan fingerprint density at radius 1 is 1.92 bits per heavy atom. The number of aliphatic hydroxyl groups excluding tert-OH is 1. The number of hydrogen-bond donors (Lipinski definition) is 3. The lowest BCUT2D eigenvalue weighted by molar-refractivity contribution is -0.390. The fourth-order valence-corrected chi connectivity index (χ4v) is 0.806. The lowest BCUT2D eigenvalue weighted by Gasteiger charge is -2.02. The van der Waals surface area contributed by atoms with Gasteiger partial charge in [0.2, 0.25) is 0 Å². The number of nitro groups is 1. The van der Waals surface area contributed by atoms with E-state index in [4.69, 9.17) is 10.8 Å². The standard InChI is InChI=1S/C5H8N4O3/c6-1-4(10)3-2-7-8-5(3)9(11)12/h2,4,10H,1,6H2,(H,7,8)/t4-/m1/s1. The van der Waals surface area contributed by atoms with Gasteiger partial charge in [-0.1, -0.05) is 5.10 Å². The van der Waals surface area contributed by atoms with Crippen LogP contribution in [0.3, 0.4) is 0 Å². The summed E-state index contributed by atoms with van der Waals surface area (Å²) in [6, 6.07) is 0. The first-order chi connectivity index (χ1) is 5.66. The molecule has 0 spiro atoms. The molecule has 0 saturated carbocycles. The summed E-state index contributed by atoms with van der Waals surface area (Å²) in [7, 11) is 0. The number of rotatable bonds is 3. The normalized spacial score (nSPS) is 12.8. The fraction of sp³-hybridized carbons (Fsp3) is 0.400. The van der Waals surface area contributed by atoms with E-state index in [1.165, 1.54) is 6.20 Å². The predicted molar refractivity (Wildman–Crippen MR) is 39.3 cm³/mol. The van der Waals surface area contributed by atoms with Gasteiger partial charge in [-0.3, -0.25) is 0 Å². The summed E-state index contributed by atoms with van der Waals surface area (Å²) < 4.78 is 0. The maximum absolute atomic E-state index is 10.3. The second-order valence-corrected chi connectivity index (χ2v) is 2.18. The van der Waals surface area contributed by atoms with Gasteiger partial charge in [0.25, 0.3) is 0 Å². The first kappa shape index (κ1) is 8.62. The first-order valence-electron chi connectivity index (χ1n) is 3.22. The Morgan fingerprint density at radius 2 is 2.58 bits per heavy atom. The number of nitrogens with zero attached hydrogens (tertiary/aromatic N) is 2. The smallest absolute Gasteiger partial charge is 0.348 e. The summed E-state index contributed by atoms with van der Waals surface area (Å²) in [5.74, 6) is -0.312. The predicted octanol–water partition coefficient (Wildman–Crippen LogP) is -0.690. The largest absolute Gasteiger partial charge is 0.387 e. The molecule has 0 fully saturated rings. The molecular formula is C5H8N4O3. The zero-order valence-corrected chi connectivity index (χ0v) is 6.10. The highest BCUT2D eigenvalue weighted by Gasteiger charge is 2.20. The van der Waals surface area contributed by atoms with E-state index >= 15 is 0 Å². The third-order valence-electron chi connectivity index (χ3n) is 1.41. The minimum Gasteiger partial charge on any atom is -0.387 e. The van der Waals surface area contributed by atoms with Crippen LogP contribution in [0.2, 0.25) is 0 Å². The maximum atomic E-state index is 10.3. The molecule has 1 aromatic heterocycles. The van der Waals surface area contributed by atoms with E-state index in [1.807, 2.05) is 0 Å². The SMILES string of the molecule is NC[C@@H](O)c1cn[nH]c1[N+](=O)[O-]. The van der Waals surface area contributed by atoms with Crippen molar-refractivity contribution in [1.82, 2.24) is 10.2 Å². The monoisotopic (exact) mass is 172 g/mol. The van der Waals surface area contributed by atoms with Gasteiger partial charge in [-0.05, 0) is 4.92 Å². The minimum atomic E-state index is -1.04. The van der Waals surface area contributed by atoms with Crippen LogP contribution in [0.15, 0.2) is 6.20 Å². The molecule has 4 N–H and O–H groups in total. The summed E-state index contributed by atoms with van der Waals surface area (Å²) in [4.78, 5) is 9.63. The van der Waals surface area contributed by atoms with Gasteiger partial charge >= 0.3 is 5.82 Å². The lowest BCUT2D eigenvalue weighted by atomic mass is 10.2. The minimum absolute atomic E-state index is 0.0691. The van der Waals surface area contributed by atoms with Gasteiger partial charge in [0.05, 0.1) is 11.8 Å². The van der Waals surface area contributed by atoms with Gasteiger partial charge in [0.15, 0.2) is 0 Å². The van der Waals surface area contributed by atoms with Crippen LogP contribution >= 0.6 is 0 Å². The topological polar surface area (TPSA) is 118 Å². The van der Waals surface area contributed by atoms with Crippen molar-refractivity contribution in [1.29, 1.82) is 0 Å². The summed E-state index contributed by atoms with van der Waals surface area (Å²) >= 11 is 0. The zero-order valence-electron chi connectivity index (χ0n) is 6.10. The van der Waals surface area contributed by atoms with Crippen molar-refractivity contribution in [3.8, 4) is 0 Å². The molecule has 1 heterocycles. The summed E-state index contributed by atoms with van der Waals surface area (Å²) in [5, 5.41) is 25.0. The number of aromatic nitrogens is 2. The van der Waals surface area contributed by atoms with E-state index in [9.17, 15) is 10.1 Å². The van der Waals surface area contributed by atoms with Crippen molar-refractivity contribution in [3.63, 3.8) is 0 Å². The van der Waals surface area contributed by atoms with Gasteiger partial charge < -0.3 is 21.0 Å². The quantitative estimate of drug-likeness (QED) is 0.412. The third-order valence-corrected chi connectivity index (χ3v) is 1.41. The third kappa shape index (κ3) is 1.41. The van der Waals surface area contributed by atoms with Crippen LogP contribution in [0.25, 0.3) is 0 Å². The van der Waals surface area contributed by atoms with Gasteiger partial charge in [-0.25, -0.2) is 0 Å². The van der Waals surface area contributed by atoms with Crippen molar-refractivity contribution in [2.45, 2.75) is 6.10 Å². The molecule has 7 nitrogen and oxygen atoms in total. The van der Waals surface area contributed by atoms with Crippen LogP contribution < -0.4 is 5.73 Å². The Bertz CT molecular complexity index is 284. The van der Waals surface area contributed by atoms with Crippen molar-refractivity contribution in [3.05, 3.63) is 21.9 Å². The Hall–Kier alpha value is -1.47. The molecule has 1 atom stereocenters. The molecule has 12 heavy (non-hydrogen) atoms. The highest BCUT2D eigenvalue weighted by Crippen LogP contribution is 2.20. The van der Waals surface area contributed by atoms with Crippen molar-refractivity contribution in [2.24, 2.45) is 5.73 Å². The molecule has 0 unspecified atom stereocenters. The summed E-state index contributed by atoms with van der Waals surface area (Å²) in [5.41, 5.74) is 5.23. The fourth-order valence-electron chi connectivity index (χ4n) is 0.806. The van der Waals surface area contributed by atoms with Crippen molar-refractivity contribution in [2.75, 3.05) is 6.54 Å². The van der Waals surface area contributed by atoms with Gasteiger partial charge in [-0.15, -0.1) is 5.10 Å². The van der Waals surface area contributed by atoms with Crippen LogP contribution in [0, 0.1) is 10.1 Å². The van der Waals surface area contributed by atoms with E-state index in [0.29, 0.717) is 0 Å². The van der Waals surface area contributed by atoms with E-state index in [-0.39, 0.29) is 17.9 Å². The van der Waals surface area contributed by atoms with E-state index in [0.717, 1.165) is 0 Å². The number of nitrogens with two attached hydrogens (primary N) is 1. The zero-order chi connectivity index (χ0) is 9.14. The van der Waals surface area contributed by atoms with Gasteiger partial charge in [-0.2, -0.15) is 0 Å². The number of nitrogens with one attached hydrogen (secondary N) is 1. The summed E-state index contributed by atoms with van der Waals surface area (Å²) in [6.45, 7) is -0.0691. The molecule has 0 aliphatic heterocycles. The molecule has 0 aromatic carbocycles. The molecular weight excluding hydrogens is 164 g/mol. The molecule has 1 aromatic rings. The Labute approximate surface area is 67.3 Å². The summed E-state index contributed by atoms with van der Waals surface area (Å²) in [6.07, 6.45) is 0.152. The van der Waals surface area contributed by atoms with Crippen LogP contribution in [-0.4, -0.2) is 26.8 Å². The van der Waals surface area contributed by atoms with Gasteiger partial charge in [0, 0.05) is 6.54 Å². The molecule has 66 valence electrons. The Morgan fingerprint density at radius 3 is 3.08 bits per heavy atom. The highest BCUT2D eigenvalue weighted by atomic mass is 16.6. The van der Waals surface area contributed by atoms with Gasteiger partial charge in [0.1, 0.15) is 6.10 Å². The second-order valence-electron chi connectivity index (χ2n) is 2.18. The number of aliphatic hydroxyl groups is 1.